The molecule has 3 aromatic rings. The molecule has 0 radical (unpaired) electrons. The Kier molecular flexibility index (Phi) is 11.1. The van der Waals surface area contributed by atoms with Gasteiger partial charge in [0.05, 0.1) is 41.2 Å². The molecular weight excluding hydrogens is 496 g/mol. The molecular formula is C32H38O7. The molecule has 0 saturated carbocycles. The van der Waals surface area contributed by atoms with Gasteiger partial charge in [-0.05, 0) is 59.9 Å². The quantitative estimate of drug-likeness (QED) is 0.233. The predicted octanol–water partition coefficient (Wildman–Crippen LogP) is 6.61. The van der Waals surface area contributed by atoms with E-state index in [1.165, 1.54) is 0 Å². The molecule has 0 aromatic heterocycles. The number of rotatable bonds is 14. The SMILES string of the molecule is CCC(C)Oc1c(OC)cc(/C=C/c2ccc(/C=C/c3cc(OC)c(OCCO)c(OC)c3)cc2)cc1OC. The van der Waals surface area contributed by atoms with E-state index in [1.54, 1.807) is 28.4 Å². The number of hydrogen-bond acceptors (Lipinski definition) is 7. The number of aliphatic hydroxyl groups excluding tert-OH is 1. The first-order chi connectivity index (χ1) is 19.0. The van der Waals surface area contributed by atoms with Gasteiger partial charge in [-0.15, -0.1) is 0 Å². The van der Waals surface area contributed by atoms with Crippen molar-refractivity contribution in [2.45, 2.75) is 26.4 Å². The van der Waals surface area contributed by atoms with Crippen molar-refractivity contribution in [2.24, 2.45) is 0 Å². The van der Waals surface area contributed by atoms with Crippen LogP contribution >= 0.6 is 0 Å². The third-order valence-electron chi connectivity index (χ3n) is 6.07. The van der Waals surface area contributed by atoms with E-state index >= 15 is 0 Å². The molecule has 0 aliphatic rings. The standard InChI is InChI=1S/C32H38O7/c1-7-22(2)39-32-29(36-5)20-26(21-30(32)37-6)15-13-24-10-8-23(9-11-24)12-14-25-18-27(34-3)31(38-17-16-33)28(19-25)35-4/h8-15,18-22,33H,7,16-17H2,1-6H3/b14-12+,15-13+. The van der Waals surface area contributed by atoms with Crippen LogP contribution in [0.2, 0.25) is 0 Å². The highest BCUT2D eigenvalue weighted by molar-refractivity contribution is 5.75. The smallest absolute Gasteiger partial charge is 0.203 e. The van der Waals surface area contributed by atoms with Gasteiger partial charge in [0.25, 0.3) is 0 Å². The summed E-state index contributed by atoms with van der Waals surface area (Å²) in [6.45, 7) is 4.15. The monoisotopic (exact) mass is 534 g/mol. The fourth-order valence-corrected chi connectivity index (χ4v) is 3.79. The largest absolute Gasteiger partial charge is 0.493 e. The highest BCUT2D eigenvalue weighted by Gasteiger charge is 2.16. The minimum atomic E-state index is -0.0961. The van der Waals surface area contributed by atoms with E-state index in [9.17, 15) is 0 Å². The van der Waals surface area contributed by atoms with E-state index in [0.717, 1.165) is 28.7 Å². The second kappa shape index (κ2) is 14.7. The Morgan fingerprint density at radius 1 is 0.641 bits per heavy atom. The maximum Gasteiger partial charge on any atom is 0.203 e. The van der Waals surface area contributed by atoms with Gasteiger partial charge in [0, 0.05) is 0 Å². The molecule has 7 heteroatoms. The summed E-state index contributed by atoms with van der Waals surface area (Å²) in [4.78, 5) is 0. The first-order valence-corrected chi connectivity index (χ1v) is 12.8. The zero-order valence-corrected chi connectivity index (χ0v) is 23.5. The molecule has 39 heavy (non-hydrogen) atoms. The van der Waals surface area contributed by atoms with Crippen LogP contribution in [0.1, 0.15) is 42.5 Å². The third-order valence-corrected chi connectivity index (χ3v) is 6.07. The highest BCUT2D eigenvalue weighted by atomic mass is 16.5. The molecule has 1 unspecified atom stereocenters. The Morgan fingerprint density at radius 3 is 1.38 bits per heavy atom. The van der Waals surface area contributed by atoms with E-state index in [-0.39, 0.29) is 19.3 Å². The average molecular weight is 535 g/mol. The molecule has 1 N–H and O–H groups in total. The van der Waals surface area contributed by atoms with Crippen molar-refractivity contribution in [3.63, 3.8) is 0 Å². The number of aliphatic hydroxyl groups is 1. The second-order valence-corrected chi connectivity index (χ2v) is 8.75. The molecule has 0 bridgehead atoms. The van der Waals surface area contributed by atoms with Gasteiger partial charge in [0.1, 0.15) is 6.61 Å². The van der Waals surface area contributed by atoms with Crippen molar-refractivity contribution in [1.29, 1.82) is 0 Å². The van der Waals surface area contributed by atoms with Gasteiger partial charge in [0.15, 0.2) is 23.0 Å². The Labute approximate surface area is 231 Å². The molecule has 0 aliphatic carbocycles. The molecule has 0 saturated heterocycles. The summed E-state index contributed by atoms with van der Waals surface area (Å²) >= 11 is 0. The van der Waals surface area contributed by atoms with E-state index in [2.05, 4.69) is 19.1 Å². The van der Waals surface area contributed by atoms with Crippen LogP contribution < -0.4 is 28.4 Å². The maximum atomic E-state index is 9.08. The van der Waals surface area contributed by atoms with Crippen LogP contribution in [-0.2, 0) is 0 Å². The molecule has 0 heterocycles. The minimum Gasteiger partial charge on any atom is -0.493 e. The Morgan fingerprint density at radius 2 is 1.03 bits per heavy atom. The fourth-order valence-electron chi connectivity index (χ4n) is 3.79. The number of ether oxygens (including phenoxy) is 6. The van der Waals surface area contributed by atoms with Crippen LogP contribution in [0.25, 0.3) is 24.3 Å². The van der Waals surface area contributed by atoms with Crippen LogP contribution in [0, 0.1) is 0 Å². The Balaban J connectivity index is 1.76. The van der Waals surface area contributed by atoms with E-state index < -0.39 is 0 Å². The van der Waals surface area contributed by atoms with Gasteiger partial charge in [-0.3, -0.25) is 0 Å². The van der Waals surface area contributed by atoms with Crippen LogP contribution in [0.5, 0.6) is 34.5 Å². The van der Waals surface area contributed by atoms with Crippen molar-refractivity contribution in [3.8, 4) is 34.5 Å². The predicted molar refractivity (Wildman–Crippen MR) is 156 cm³/mol. The lowest BCUT2D eigenvalue weighted by Gasteiger charge is -2.18. The van der Waals surface area contributed by atoms with Crippen molar-refractivity contribution in [3.05, 3.63) is 70.8 Å². The molecule has 7 nitrogen and oxygen atoms in total. The van der Waals surface area contributed by atoms with Gasteiger partial charge in [-0.25, -0.2) is 0 Å². The summed E-state index contributed by atoms with van der Waals surface area (Å²) in [7, 11) is 6.40. The fraction of sp³-hybridized carbons (Fsp3) is 0.312. The Bertz CT molecular complexity index is 1210. The van der Waals surface area contributed by atoms with Gasteiger partial charge in [0.2, 0.25) is 11.5 Å². The van der Waals surface area contributed by atoms with Crippen molar-refractivity contribution in [2.75, 3.05) is 41.7 Å². The average Bonchev–Trinajstić information content (AvgIpc) is 2.98. The van der Waals surface area contributed by atoms with Gasteiger partial charge < -0.3 is 33.5 Å². The maximum absolute atomic E-state index is 9.08. The normalized spacial score (nSPS) is 12.0. The lowest BCUT2D eigenvalue weighted by Crippen LogP contribution is -2.11. The van der Waals surface area contributed by atoms with Crippen LogP contribution in [0.15, 0.2) is 48.5 Å². The minimum absolute atomic E-state index is 0.0519. The lowest BCUT2D eigenvalue weighted by atomic mass is 10.1. The third kappa shape index (κ3) is 7.94. The van der Waals surface area contributed by atoms with Gasteiger partial charge in [-0.2, -0.15) is 0 Å². The van der Waals surface area contributed by atoms with E-state index in [1.807, 2.05) is 67.6 Å². The van der Waals surface area contributed by atoms with Gasteiger partial charge >= 0.3 is 0 Å². The number of hydrogen-bond donors (Lipinski definition) is 1. The number of methoxy groups -OCH3 is 4. The molecule has 0 amide bonds. The lowest BCUT2D eigenvalue weighted by molar-refractivity contribution is 0.191. The molecule has 3 aromatic carbocycles. The summed E-state index contributed by atoms with van der Waals surface area (Å²) in [5.74, 6) is 3.43. The molecule has 0 spiro atoms. The van der Waals surface area contributed by atoms with Crippen LogP contribution in [0.4, 0.5) is 0 Å². The van der Waals surface area contributed by atoms with Gasteiger partial charge in [-0.1, -0.05) is 55.5 Å². The number of benzene rings is 3. The molecule has 3 rings (SSSR count). The molecule has 1 atom stereocenters. The molecule has 208 valence electrons. The summed E-state index contributed by atoms with van der Waals surface area (Å²) in [5.41, 5.74) is 3.94. The van der Waals surface area contributed by atoms with E-state index in [0.29, 0.717) is 34.5 Å². The summed E-state index contributed by atoms with van der Waals surface area (Å²) in [6, 6.07) is 15.8. The molecule has 0 aliphatic heterocycles. The van der Waals surface area contributed by atoms with E-state index in [4.69, 9.17) is 33.5 Å². The first-order valence-electron chi connectivity index (χ1n) is 12.8. The second-order valence-electron chi connectivity index (χ2n) is 8.75. The summed E-state index contributed by atoms with van der Waals surface area (Å²) in [5, 5.41) is 9.08. The molecule has 0 fully saturated rings. The Hall–Kier alpha value is -4.10. The van der Waals surface area contributed by atoms with Crippen LogP contribution in [-0.4, -0.2) is 52.9 Å². The highest BCUT2D eigenvalue weighted by Crippen LogP contribution is 2.40. The first kappa shape index (κ1) is 29.5. The zero-order chi connectivity index (χ0) is 28.2. The van der Waals surface area contributed by atoms with Crippen molar-refractivity contribution < 1.29 is 33.5 Å². The topological polar surface area (TPSA) is 75.6 Å². The van der Waals surface area contributed by atoms with Crippen molar-refractivity contribution >= 4 is 24.3 Å². The summed E-state index contributed by atoms with van der Waals surface area (Å²) in [6.07, 6.45) is 8.99. The van der Waals surface area contributed by atoms with Crippen LogP contribution in [0.3, 0.4) is 0 Å². The zero-order valence-electron chi connectivity index (χ0n) is 23.5. The summed E-state index contributed by atoms with van der Waals surface area (Å²) < 4.78 is 33.7. The van der Waals surface area contributed by atoms with Crippen molar-refractivity contribution in [1.82, 2.24) is 0 Å².